The van der Waals surface area contributed by atoms with Gasteiger partial charge >= 0.3 is 0 Å². The van der Waals surface area contributed by atoms with Crippen LogP contribution in [0.1, 0.15) is 17.2 Å². The van der Waals surface area contributed by atoms with Gasteiger partial charge < -0.3 is 19.3 Å². The zero-order valence-electron chi connectivity index (χ0n) is 11.8. The number of aliphatic hydroxyl groups excluding tert-OH is 1. The molecule has 1 unspecified atom stereocenters. The topological polar surface area (TPSA) is 47.9 Å². The highest BCUT2D eigenvalue weighted by Gasteiger charge is 2.17. The smallest absolute Gasteiger partial charge is 0.161 e. The fraction of sp³-hybridized carbons (Fsp3) is 0.250. The van der Waals surface area contributed by atoms with Crippen LogP contribution in [0.2, 0.25) is 0 Å². The Morgan fingerprint density at radius 3 is 2.10 bits per heavy atom. The molecule has 0 fully saturated rings. The van der Waals surface area contributed by atoms with Gasteiger partial charge in [0.05, 0.1) is 21.3 Å². The third kappa shape index (κ3) is 2.70. The second-order valence-electron chi connectivity index (χ2n) is 4.26. The lowest BCUT2D eigenvalue weighted by Crippen LogP contribution is -2.03. The van der Waals surface area contributed by atoms with E-state index in [1.807, 2.05) is 24.3 Å². The third-order valence-corrected chi connectivity index (χ3v) is 3.16. The van der Waals surface area contributed by atoms with E-state index >= 15 is 0 Å². The largest absolute Gasteiger partial charge is 0.496 e. The van der Waals surface area contributed by atoms with Crippen LogP contribution in [-0.2, 0) is 0 Å². The van der Waals surface area contributed by atoms with Crippen molar-refractivity contribution < 1.29 is 19.3 Å². The molecule has 106 valence electrons. The average Bonchev–Trinajstić information content (AvgIpc) is 2.53. The van der Waals surface area contributed by atoms with Gasteiger partial charge in [0.1, 0.15) is 11.9 Å². The van der Waals surface area contributed by atoms with Crippen LogP contribution < -0.4 is 14.2 Å². The van der Waals surface area contributed by atoms with Crippen LogP contribution in [0.25, 0.3) is 0 Å². The molecule has 0 aromatic heterocycles. The van der Waals surface area contributed by atoms with E-state index in [-0.39, 0.29) is 0 Å². The predicted octanol–water partition coefficient (Wildman–Crippen LogP) is 2.79. The van der Waals surface area contributed by atoms with Gasteiger partial charge in [0.25, 0.3) is 0 Å². The summed E-state index contributed by atoms with van der Waals surface area (Å²) < 4.78 is 15.7. The molecule has 0 aliphatic heterocycles. The molecule has 1 atom stereocenters. The zero-order chi connectivity index (χ0) is 14.5. The molecule has 1 N–H and O–H groups in total. The van der Waals surface area contributed by atoms with Crippen molar-refractivity contribution in [2.24, 2.45) is 0 Å². The van der Waals surface area contributed by atoms with Gasteiger partial charge in [-0.25, -0.2) is 0 Å². The van der Waals surface area contributed by atoms with Crippen LogP contribution in [0, 0.1) is 0 Å². The molecule has 0 radical (unpaired) electrons. The van der Waals surface area contributed by atoms with E-state index in [2.05, 4.69) is 0 Å². The first kappa shape index (κ1) is 14.2. The third-order valence-electron chi connectivity index (χ3n) is 3.16. The van der Waals surface area contributed by atoms with E-state index in [1.165, 1.54) is 0 Å². The molecule has 4 nitrogen and oxygen atoms in total. The summed E-state index contributed by atoms with van der Waals surface area (Å²) in [6, 6.07) is 12.7. The summed E-state index contributed by atoms with van der Waals surface area (Å²) in [7, 11) is 4.73. The predicted molar refractivity (Wildman–Crippen MR) is 76.6 cm³/mol. The van der Waals surface area contributed by atoms with Gasteiger partial charge in [-0.3, -0.25) is 0 Å². The van der Waals surface area contributed by atoms with Gasteiger partial charge in [-0.1, -0.05) is 24.3 Å². The Labute approximate surface area is 118 Å². The SMILES string of the molecule is COc1ccc(C(O)c2ccccc2OC)cc1OC. The van der Waals surface area contributed by atoms with Gasteiger partial charge in [-0.05, 0) is 23.8 Å². The number of rotatable bonds is 5. The molecule has 0 aliphatic rings. The van der Waals surface area contributed by atoms with Gasteiger partial charge in [0.15, 0.2) is 11.5 Å². The molecule has 2 rings (SSSR count). The van der Waals surface area contributed by atoms with Crippen LogP contribution in [0.4, 0.5) is 0 Å². The van der Waals surface area contributed by atoms with Crippen LogP contribution in [0.3, 0.4) is 0 Å². The molecule has 0 saturated carbocycles. The summed E-state index contributed by atoms with van der Waals surface area (Å²) >= 11 is 0. The zero-order valence-corrected chi connectivity index (χ0v) is 11.8. The number of para-hydroxylation sites is 1. The Balaban J connectivity index is 2.40. The number of hydrogen-bond donors (Lipinski definition) is 1. The van der Waals surface area contributed by atoms with Gasteiger partial charge in [-0.15, -0.1) is 0 Å². The molecule has 2 aromatic rings. The van der Waals surface area contributed by atoms with Crippen molar-refractivity contribution in [3.63, 3.8) is 0 Å². The van der Waals surface area contributed by atoms with Crippen LogP contribution in [0.5, 0.6) is 17.2 Å². The summed E-state index contributed by atoms with van der Waals surface area (Å²) in [4.78, 5) is 0. The number of hydrogen-bond acceptors (Lipinski definition) is 4. The highest BCUT2D eigenvalue weighted by Crippen LogP contribution is 2.34. The fourth-order valence-corrected chi connectivity index (χ4v) is 2.09. The van der Waals surface area contributed by atoms with E-state index in [0.717, 1.165) is 0 Å². The number of benzene rings is 2. The van der Waals surface area contributed by atoms with E-state index < -0.39 is 6.10 Å². The van der Waals surface area contributed by atoms with E-state index in [1.54, 1.807) is 39.5 Å². The highest BCUT2D eigenvalue weighted by molar-refractivity contribution is 5.47. The molecule has 0 amide bonds. The Hall–Kier alpha value is -2.20. The summed E-state index contributed by atoms with van der Waals surface area (Å²) in [6.07, 6.45) is -0.786. The molecule has 4 heteroatoms. The molecule has 0 heterocycles. The maximum Gasteiger partial charge on any atom is 0.161 e. The molecular formula is C16H18O4. The summed E-state index contributed by atoms with van der Waals surface area (Å²) in [5.74, 6) is 1.86. The normalized spacial score (nSPS) is 11.8. The summed E-state index contributed by atoms with van der Waals surface area (Å²) in [5.41, 5.74) is 1.43. The molecule has 2 aromatic carbocycles. The average molecular weight is 274 g/mol. The second kappa shape index (κ2) is 6.30. The number of methoxy groups -OCH3 is 3. The van der Waals surface area contributed by atoms with Crippen molar-refractivity contribution in [3.8, 4) is 17.2 Å². The maximum atomic E-state index is 10.5. The van der Waals surface area contributed by atoms with Gasteiger partial charge in [-0.2, -0.15) is 0 Å². The Morgan fingerprint density at radius 2 is 1.45 bits per heavy atom. The van der Waals surface area contributed by atoms with Crippen molar-refractivity contribution in [1.82, 2.24) is 0 Å². The lowest BCUT2D eigenvalue weighted by molar-refractivity contribution is 0.214. The Kier molecular flexibility index (Phi) is 4.48. The Morgan fingerprint density at radius 1 is 0.800 bits per heavy atom. The van der Waals surface area contributed by atoms with Crippen molar-refractivity contribution >= 4 is 0 Å². The van der Waals surface area contributed by atoms with Crippen molar-refractivity contribution in [2.75, 3.05) is 21.3 Å². The minimum absolute atomic E-state index is 0.582. The standard InChI is InChI=1S/C16H18O4/c1-18-13-7-5-4-6-12(13)16(17)11-8-9-14(19-2)15(10-11)20-3/h4-10,16-17H,1-3H3. The minimum atomic E-state index is -0.786. The van der Waals surface area contributed by atoms with Gasteiger partial charge in [0, 0.05) is 5.56 Å². The van der Waals surface area contributed by atoms with Crippen LogP contribution in [-0.4, -0.2) is 26.4 Å². The van der Waals surface area contributed by atoms with Crippen LogP contribution >= 0.6 is 0 Å². The van der Waals surface area contributed by atoms with E-state index in [0.29, 0.717) is 28.4 Å². The fourth-order valence-electron chi connectivity index (χ4n) is 2.09. The molecule has 0 saturated heterocycles. The molecule has 0 spiro atoms. The van der Waals surface area contributed by atoms with Crippen LogP contribution in [0.15, 0.2) is 42.5 Å². The number of ether oxygens (including phenoxy) is 3. The molecule has 0 aliphatic carbocycles. The minimum Gasteiger partial charge on any atom is -0.496 e. The molecule has 0 bridgehead atoms. The summed E-state index contributed by atoms with van der Waals surface area (Å²) in [6.45, 7) is 0. The van der Waals surface area contributed by atoms with Crippen molar-refractivity contribution in [2.45, 2.75) is 6.10 Å². The first-order valence-electron chi connectivity index (χ1n) is 6.24. The molecular weight excluding hydrogens is 256 g/mol. The lowest BCUT2D eigenvalue weighted by Gasteiger charge is -2.16. The van der Waals surface area contributed by atoms with Crippen molar-refractivity contribution in [1.29, 1.82) is 0 Å². The first-order valence-corrected chi connectivity index (χ1v) is 6.24. The second-order valence-corrected chi connectivity index (χ2v) is 4.26. The quantitative estimate of drug-likeness (QED) is 0.910. The summed E-state index contributed by atoms with van der Waals surface area (Å²) in [5, 5.41) is 10.5. The first-order chi connectivity index (χ1) is 9.71. The van der Waals surface area contributed by atoms with E-state index in [9.17, 15) is 5.11 Å². The van der Waals surface area contributed by atoms with Crippen molar-refractivity contribution in [3.05, 3.63) is 53.6 Å². The number of aliphatic hydroxyl groups is 1. The maximum absolute atomic E-state index is 10.5. The monoisotopic (exact) mass is 274 g/mol. The van der Waals surface area contributed by atoms with E-state index in [4.69, 9.17) is 14.2 Å². The van der Waals surface area contributed by atoms with Gasteiger partial charge in [0.2, 0.25) is 0 Å². The lowest BCUT2D eigenvalue weighted by atomic mass is 10.0. The molecule has 20 heavy (non-hydrogen) atoms. The highest BCUT2D eigenvalue weighted by atomic mass is 16.5. The Bertz CT molecular complexity index is 580.